The molecule has 0 unspecified atom stereocenters. The average molecular weight is 284 g/mol. The summed E-state index contributed by atoms with van der Waals surface area (Å²) in [6.45, 7) is 6.09. The van der Waals surface area contributed by atoms with Gasteiger partial charge in [-0.15, -0.1) is 0 Å². The van der Waals surface area contributed by atoms with Crippen LogP contribution < -0.4 is 5.32 Å². The molecule has 0 bridgehead atoms. The molecular weight excluding hydrogens is 266 g/mol. The van der Waals surface area contributed by atoms with Gasteiger partial charge >= 0.3 is 0 Å². The standard InChI is InChI=1S/C13H18BrNO/c1-9(2)8-13(16)15-10(3)11-4-6-12(14)7-5-11/h4-7,9-10H,8H2,1-3H3,(H,15,16)/t10-/m0/s1. The van der Waals surface area contributed by atoms with Crippen LogP contribution in [0.4, 0.5) is 0 Å². The average Bonchev–Trinajstić information content (AvgIpc) is 2.16. The number of carbonyl (C=O) groups excluding carboxylic acids is 1. The van der Waals surface area contributed by atoms with E-state index in [1.54, 1.807) is 0 Å². The van der Waals surface area contributed by atoms with Gasteiger partial charge in [0.05, 0.1) is 6.04 Å². The van der Waals surface area contributed by atoms with Gasteiger partial charge in [0, 0.05) is 10.9 Å². The van der Waals surface area contributed by atoms with Crippen LogP contribution in [-0.4, -0.2) is 5.91 Å². The van der Waals surface area contributed by atoms with E-state index in [4.69, 9.17) is 0 Å². The molecule has 1 aromatic rings. The Morgan fingerprint density at radius 1 is 1.25 bits per heavy atom. The Morgan fingerprint density at radius 3 is 2.31 bits per heavy atom. The summed E-state index contributed by atoms with van der Waals surface area (Å²) in [6, 6.07) is 8.08. The van der Waals surface area contributed by atoms with E-state index in [1.807, 2.05) is 45.0 Å². The molecule has 0 aliphatic rings. The predicted molar refractivity (Wildman–Crippen MR) is 70.2 cm³/mol. The Balaban J connectivity index is 2.55. The van der Waals surface area contributed by atoms with Gasteiger partial charge in [0.1, 0.15) is 0 Å². The first-order valence-corrected chi connectivity index (χ1v) is 6.33. The first kappa shape index (κ1) is 13.2. The SMILES string of the molecule is CC(C)CC(=O)N[C@@H](C)c1ccc(Br)cc1. The number of nitrogens with one attached hydrogen (secondary N) is 1. The Hall–Kier alpha value is -0.830. The third-order valence-corrected chi connectivity index (χ3v) is 2.87. The molecule has 2 nitrogen and oxygen atoms in total. The molecule has 88 valence electrons. The van der Waals surface area contributed by atoms with Crippen molar-refractivity contribution < 1.29 is 4.79 Å². The number of rotatable bonds is 4. The Morgan fingerprint density at radius 2 is 1.81 bits per heavy atom. The van der Waals surface area contributed by atoms with E-state index in [1.165, 1.54) is 0 Å². The van der Waals surface area contributed by atoms with Crippen molar-refractivity contribution in [2.24, 2.45) is 5.92 Å². The molecule has 3 heteroatoms. The summed E-state index contributed by atoms with van der Waals surface area (Å²) in [5, 5.41) is 2.99. The summed E-state index contributed by atoms with van der Waals surface area (Å²) in [6.07, 6.45) is 0.584. The molecule has 1 amide bonds. The molecule has 0 aliphatic heterocycles. The highest BCUT2D eigenvalue weighted by Crippen LogP contribution is 2.16. The van der Waals surface area contributed by atoms with Crippen molar-refractivity contribution in [2.45, 2.75) is 33.2 Å². The molecule has 16 heavy (non-hydrogen) atoms. The van der Waals surface area contributed by atoms with Crippen molar-refractivity contribution in [3.8, 4) is 0 Å². The third-order valence-electron chi connectivity index (χ3n) is 2.34. The number of hydrogen-bond donors (Lipinski definition) is 1. The van der Waals surface area contributed by atoms with Crippen molar-refractivity contribution in [3.05, 3.63) is 34.3 Å². The molecule has 0 saturated heterocycles. The lowest BCUT2D eigenvalue weighted by atomic mass is 10.1. The van der Waals surface area contributed by atoms with E-state index in [9.17, 15) is 4.79 Å². The van der Waals surface area contributed by atoms with Crippen LogP contribution in [0.15, 0.2) is 28.7 Å². The normalized spacial score (nSPS) is 12.6. The molecule has 0 aromatic heterocycles. The summed E-state index contributed by atoms with van der Waals surface area (Å²) in [5.41, 5.74) is 1.13. The highest BCUT2D eigenvalue weighted by atomic mass is 79.9. The number of benzene rings is 1. The largest absolute Gasteiger partial charge is 0.350 e. The van der Waals surface area contributed by atoms with Crippen molar-refractivity contribution in [2.75, 3.05) is 0 Å². The summed E-state index contributed by atoms with van der Waals surface area (Å²) < 4.78 is 1.05. The van der Waals surface area contributed by atoms with Gasteiger partial charge in [0.25, 0.3) is 0 Å². The van der Waals surface area contributed by atoms with Gasteiger partial charge in [-0.2, -0.15) is 0 Å². The van der Waals surface area contributed by atoms with Crippen LogP contribution in [0.5, 0.6) is 0 Å². The highest BCUT2D eigenvalue weighted by Gasteiger charge is 2.10. The molecule has 1 atom stereocenters. The predicted octanol–water partition coefficient (Wildman–Crippen LogP) is 3.67. The highest BCUT2D eigenvalue weighted by molar-refractivity contribution is 9.10. The van der Waals surface area contributed by atoms with Gasteiger partial charge in [-0.3, -0.25) is 4.79 Å². The van der Waals surface area contributed by atoms with E-state index < -0.39 is 0 Å². The number of halogens is 1. The molecule has 0 radical (unpaired) electrons. The molecular formula is C13H18BrNO. The molecule has 1 aromatic carbocycles. The Kier molecular flexibility index (Phi) is 5.00. The quantitative estimate of drug-likeness (QED) is 0.898. The fraction of sp³-hybridized carbons (Fsp3) is 0.462. The van der Waals surface area contributed by atoms with Crippen LogP contribution in [0.3, 0.4) is 0 Å². The molecule has 0 aliphatic carbocycles. The molecule has 0 heterocycles. The maximum Gasteiger partial charge on any atom is 0.220 e. The van der Waals surface area contributed by atoms with Crippen molar-refractivity contribution >= 4 is 21.8 Å². The lowest BCUT2D eigenvalue weighted by molar-refractivity contribution is -0.122. The summed E-state index contributed by atoms with van der Waals surface area (Å²) in [7, 11) is 0. The minimum atomic E-state index is 0.0688. The van der Waals surface area contributed by atoms with Crippen LogP contribution in [0.25, 0.3) is 0 Å². The van der Waals surface area contributed by atoms with E-state index in [0.29, 0.717) is 12.3 Å². The van der Waals surface area contributed by atoms with E-state index in [0.717, 1.165) is 10.0 Å². The summed E-state index contributed by atoms with van der Waals surface area (Å²) in [4.78, 5) is 11.6. The zero-order valence-corrected chi connectivity index (χ0v) is 11.5. The van der Waals surface area contributed by atoms with Crippen LogP contribution in [-0.2, 0) is 4.79 Å². The third kappa shape index (κ3) is 4.35. The first-order chi connectivity index (χ1) is 7.49. The van der Waals surface area contributed by atoms with Crippen molar-refractivity contribution in [3.63, 3.8) is 0 Å². The molecule has 0 saturated carbocycles. The summed E-state index contributed by atoms with van der Waals surface area (Å²) >= 11 is 3.39. The van der Waals surface area contributed by atoms with Gasteiger partial charge in [0.2, 0.25) is 5.91 Å². The maximum atomic E-state index is 11.6. The maximum absolute atomic E-state index is 11.6. The number of amides is 1. The van der Waals surface area contributed by atoms with E-state index in [2.05, 4.69) is 21.2 Å². The Bertz CT molecular complexity index is 345. The van der Waals surface area contributed by atoms with Crippen LogP contribution in [0, 0.1) is 5.92 Å². The second-order valence-corrected chi connectivity index (χ2v) is 5.35. The van der Waals surface area contributed by atoms with Crippen molar-refractivity contribution in [1.29, 1.82) is 0 Å². The Labute approximate surface area is 106 Å². The minimum absolute atomic E-state index is 0.0688. The van der Waals surface area contributed by atoms with Crippen molar-refractivity contribution in [1.82, 2.24) is 5.32 Å². The molecule has 0 spiro atoms. The fourth-order valence-electron chi connectivity index (χ4n) is 1.51. The topological polar surface area (TPSA) is 29.1 Å². The lowest BCUT2D eigenvalue weighted by Gasteiger charge is -2.15. The van der Waals surface area contributed by atoms with Gasteiger partial charge in [-0.1, -0.05) is 41.9 Å². The number of carbonyl (C=O) groups is 1. The fourth-order valence-corrected chi connectivity index (χ4v) is 1.77. The second kappa shape index (κ2) is 6.04. The van der Waals surface area contributed by atoms with Gasteiger partial charge < -0.3 is 5.32 Å². The van der Waals surface area contributed by atoms with Gasteiger partial charge in [-0.25, -0.2) is 0 Å². The van der Waals surface area contributed by atoms with Gasteiger partial charge in [-0.05, 0) is 30.5 Å². The summed E-state index contributed by atoms with van der Waals surface area (Å²) in [5.74, 6) is 0.516. The van der Waals surface area contributed by atoms with E-state index >= 15 is 0 Å². The zero-order valence-electron chi connectivity index (χ0n) is 9.96. The zero-order chi connectivity index (χ0) is 12.1. The van der Waals surface area contributed by atoms with Gasteiger partial charge in [0.15, 0.2) is 0 Å². The first-order valence-electron chi connectivity index (χ1n) is 5.54. The second-order valence-electron chi connectivity index (χ2n) is 4.44. The van der Waals surface area contributed by atoms with E-state index in [-0.39, 0.29) is 11.9 Å². The molecule has 0 fully saturated rings. The molecule has 1 rings (SSSR count). The van der Waals surface area contributed by atoms with Crippen LogP contribution >= 0.6 is 15.9 Å². The van der Waals surface area contributed by atoms with Crippen LogP contribution in [0.1, 0.15) is 38.8 Å². The number of hydrogen-bond acceptors (Lipinski definition) is 1. The smallest absolute Gasteiger partial charge is 0.220 e. The lowest BCUT2D eigenvalue weighted by Crippen LogP contribution is -2.27. The monoisotopic (exact) mass is 283 g/mol. The van der Waals surface area contributed by atoms with Crippen LogP contribution in [0.2, 0.25) is 0 Å². The molecule has 1 N–H and O–H groups in total. The minimum Gasteiger partial charge on any atom is -0.350 e.